The smallest absolute Gasteiger partial charge is 0.184 e. The first-order chi connectivity index (χ1) is 9.56. The van der Waals surface area contributed by atoms with Gasteiger partial charge in [0.15, 0.2) is 5.79 Å². The van der Waals surface area contributed by atoms with Crippen LogP contribution in [0.15, 0.2) is 41.7 Å². The molecule has 0 saturated heterocycles. The highest BCUT2D eigenvalue weighted by Gasteiger charge is 2.26. The van der Waals surface area contributed by atoms with Gasteiger partial charge in [-0.3, -0.25) is 5.32 Å². The first kappa shape index (κ1) is 12.7. The maximum atomic E-state index is 5.75. The molecular weight excluding hydrogens is 252 g/mol. The second kappa shape index (κ2) is 4.64. The number of nitrogens with one attached hydrogen (secondary N) is 3. The van der Waals surface area contributed by atoms with Gasteiger partial charge in [-0.05, 0) is 38.1 Å². The zero-order valence-corrected chi connectivity index (χ0v) is 11.5. The van der Waals surface area contributed by atoms with Gasteiger partial charge in [-0.25, -0.2) is 9.98 Å². The molecule has 0 spiro atoms. The number of aromatic nitrogens is 2. The second-order valence-corrected chi connectivity index (χ2v) is 5.10. The number of nitrogens with two attached hydrogens (primary N) is 1. The van der Waals surface area contributed by atoms with Gasteiger partial charge >= 0.3 is 0 Å². The molecule has 1 aliphatic rings. The molecule has 0 amide bonds. The quantitative estimate of drug-likeness (QED) is 0.678. The highest BCUT2D eigenvalue weighted by atomic mass is 15.3. The van der Waals surface area contributed by atoms with E-state index in [9.17, 15) is 0 Å². The lowest BCUT2D eigenvalue weighted by molar-refractivity contribution is 0.293. The van der Waals surface area contributed by atoms with E-state index in [0.717, 1.165) is 16.7 Å². The Morgan fingerprint density at radius 2 is 2.20 bits per heavy atom. The summed E-state index contributed by atoms with van der Waals surface area (Å²) in [5.74, 6) is -0.118. The fourth-order valence-electron chi connectivity index (χ4n) is 2.38. The van der Waals surface area contributed by atoms with Crippen LogP contribution in [0.25, 0.3) is 11.0 Å². The molecule has 0 fully saturated rings. The molecule has 0 bridgehead atoms. The van der Waals surface area contributed by atoms with E-state index in [4.69, 9.17) is 5.73 Å². The van der Waals surface area contributed by atoms with Crippen molar-refractivity contribution in [1.82, 2.24) is 20.6 Å². The molecule has 104 valence electrons. The molecule has 2 atom stereocenters. The maximum Gasteiger partial charge on any atom is 0.184 e. The van der Waals surface area contributed by atoms with Gasteiger partial charge in [0, 0.05) is 12.4 Å². The number of aliphatic imine (C=N–C) groups is 1. The standard InChI is InChI=1S/C14H18N6/c1-9(19-14(2)17-8-6-13(15)20-14)10-3-4-11-12(18-10)5-7-16-11/h3-9,16-17,19H,1-2H3,(H2,15,20)/t9-,14?/m0/s1. The van der Waals surface area contributed by atoms with E-state index in [1.807, 2.05) is 31.3 Å². The number of fused-ring (bicyclic) bond motifs is 1. The first-order valence-electron chi connectivity index (χ1n) is 6.57. The van der Waals surface area contributed by atoms with Crippen LogP contribution in [-0.2, 0) is 0 Å². The van der Waals surface area contributed by atoms with Crippen LogP contribution in [0.3, 0.4) is 0 Å². The van der Waals surface area contributed by atoms with Crippen molar-refractivity contribution >= 4 is 16.9 Å². The molecule has 3 rings (SSSR count). The lowest BCUT2D eigenvalue weighted by Crippen LogP contribution is -2.54. The Balaban J connectivity index is 1.82. The van der Waals surface area contributed by atoms with Crippen molar-refractivity contribution < 1.29 is 0 Å². The Morgan fingerprint density at radius 3 is 3.00 bits per heavy atom. The highest BCUT2D eigenvalue weighted by molar-refractivity contribution is 5.92. The number of aromatic amines is 1. The number of hydrogen-bond acceptors (Lipinski definition) is 5. The summed E-state index contributed by atoms with van der Waals surface area (Å²) in [5.41, 5.74) is 8.70. The van der Waals surface area contributed by atoms with Crippen LogP contribution in [-0.4, -0.2) is 21.6 Å². The third-order valence-electron chi connectivity index (χ3n) is 3.34. The summed E-state index contributed by atoms with van der Waals surface area (Å²) in [7, 11) is 0. The number of amidine groups is 1. The van der Waals surface area contributed by atoms with Crippen molar-refractivity contribution in [2.24, 2.45) is 10.7 Å². The molecule has 0 radical (unpaired) electrons. The fraction of sp³-hybridized carbons (Fsp3) is 0.286. The predicted octanol–water partition coefficient (Wildman–Crippen LogP) is 1.36. The zero-order valence-electron chi connectivity index (χ0n) is 11.5. The summed E-state index contributed by atoms with van der Waals surface area (Å²) in [6.45, 7) is 3.99. The number of pyridine rings is 1. The Kier molecular flexibility index (Phi) is 2.94. The van der Waals surface area contributed by atoms with Crippen molar-refractivity contribution in [3.63, 3.8) is 0 Å². The van der Waals surface area contributed by atoms with Gasteiger partial charge < -0.3 is 16.0 Å². The van der Waals surface area contributed by atoms with Crippen molar-refractivity contribution in [3.05, 3.63) is 42.4 Å². The largest absolute Gasteiger partial charge is 0.384 e. The molecule has 6 heteroatoms. The SMILES string of the molecule is C[C@H](NC1(C)N=C(N)C=CN1)c1ccc2[nH]ccc2n1. The van der Waals surface area contributed by atoms with Gasteiger partial charge in [0.25, 0.3) is 0 Å². The summed E-state index contributed by atoms with van der Waals surface area (Å²) in [6.07, 6.45) is 5.42. The van der Waals surface area contributed by atoms with E-state index in [1.54, 1.807) is 12.3 Å². The normalized spacial score (nSPS) is 23.4. The molecule has 6 nitrogen and oxygen atoms in total. The van der Waals surface area contributed by atoms with E-state index in [1.165, 1.54) is 0 Å². The molecule has 2 aromatic rings. The molecule has 1 unspecified atom stereocenters. The molecule has 5 N–H and O–H groups in total. The highest BCUT2D eigenvalue weighted by Crippen LogP contribution is 2.18. The molecular formula is C14H18N6. The minimum Gasteiger partial charge on any atom is -0.384 e. The van der Waals surface area contributed by atoms with Gasteiger partial charge in [-0.2, -0.15) is 0 Å². The minimum atomic E-state index is -0.618. The summed E-state index contributed by atoms with van der Waals surface area (Å²) in [4.78, 5) is 12.2. The molecule has 1 aliphatic heterocycles. The average Bonchev–Trinajstić information content (AvgIpc) is 2.84. The summed E-state index contributed by atoms with van der Waals surface area (Å²) < 4.78 is 0. The second-order valence-electron chi connectivity index (χ2n) is 5.10. The van der Waals surface area contributed by atoms with Crippen LogP contribution in [0.1, 0.15) is 25.6 Å². The van der Waals surface area contributed by atoms with E-state index >= 15 is 0 Å². The molecule has 0 saturated carbocycles. The lowest BCUT2D eigenvalue weighted by Gasteiger charge is -2.32. The molecule has 3 heterocycles. The molecule has 20 heavy (non-hydrogen) atoms. The maximum absolute atomic E-state index is 5.75. The minimum absolute atomic E-state index is 0.0369. The summed E-state index contributed by atoms with van der Waals surface area (Å²) in [6, 6.07) is 6.04. The lowest BCUT2D eigenvalue weighted by atomic mass is 10.1. The van der Waals surface area contributed by atoms with Gasteiger partial charge in [-0.1, -0.05) is 0 Å². The topological polar surface area (TPSA) is 91.1 Å². The fourth-order valence-corrected chi connectivity index (χ4v) is 2.38. The van der Waals surface area contributed by atoms with E-state index in [0.29, 0.717) is 5.84 Å². The third kappa shape index (κ3) is 2.37. The van der Waals surface area contributed by atoms with Crippen LogP contribution in [0.5, 0.6) is 0 Å². The number of nitrogens with zero attached hydrogens (tertiary/aromatic N) is 2. The Morgan fingerprint density at radius 1 is 1.35 bits per heavy atom. The average molecular weight is 270 g/mol. The van der Waals surface area contributed by atoms with Crippen molar-refractivity contribution in [3.8, 4) is 0 Å². The number of H-pyrrole nitrogens is 1. The number of hydrogen-bond donors (Lipinski definition) is 4. The summed E-state index contributed by atoms with van der Waals surface area (Å²) in [5, 5.41) is 6.56. The van der Waals surface area contributed by atoms with E-state index < -0.39 is 5.79 Å². The third-order valence-corrected chi connectivity index (χ3v) is 3.34. The van der Waals surface area contributed by atoms with Gasteiger partial charge in [-0.15, -0.1) is 0 Å². The first-order valence-corrected chi connectivity index (χ1v) is 6.57. The summed E-state index contributed by atoms with van der Waals surface area (Å²) >= 11 is 0. The monoisotopic (exact) mass is 270 g/mol. The zero-order chi connectivity index (χ0) is 14.2. The van der Waals surface area contributed by atoms with Gasteiger partial charge in [0.2, 0.25) is 0 Å². The predicted molar refractivity (Wildman–Crippen MR) is 79.9 cm³/mol. The van der Waals surface area contributed by atoms with Crippen LogP contribution in [0, 0.1) is 0 Å². The van der Waals surface area contributed by atoms with Gasteiger partial charge in [0.05, 0.1) is 22.8 Å². The molecule has 2 aromatic heterocycles. The molecule has 0 aromatic carbocycles. The Hall–Kier alpha value is -2.34. The number of rotatable bonds is 3. The van der Waals surface area contributed by atoms with E-state index in [-0.39, 0.29) is 6.04 Å². The Labute approximate surface area is 117 Å². The van der Waals surface area contributed by atoms with E-state index in [2.05, 4.69) is 32.5 Å². The Bertz CT molecular complexity index is 686. The van der Waals surface area contributed by atoms with Crippen LogP contribution in [0.2, 0.25) is 0 Å². The van der Waals surface area contributed by atoms with Crippen LogP contribution >= 0.6 is 0 Å². The van der Waals surface area contributed by atoms with Crippen LogP contribution in [0.4, 0.5) is 0 Å². The van der Waals surface area contributed by atoms with Crippen molar-refractivity contribution in [1.29, 1.82) is 0 Å². The molecule has 0 aliphatic carbocycles. The van der Waals surface area contributed by atoms with Gasteiger partial charge in [0.1, 0.15) is 5.84 Å². The van der Waals surface area contributed by atoms with Crippen LogP contribution < -0.4 is 16.4 Å². The van der Waals surface area contributed by atoms with Crippen molar-refractivity contribution in [2.75, 3.05) is 0 Å². The van der Waals surface area contributed by atoms with Crippen molar-refractivity contribution in [2.45, 2.75) is 25.7 Å².